The van der Waals surface area contributed by atoms with Gasteiger partial charge in [-0.05, 0) is 32.8 Å². The van der Waals surface area contributed by atoms with E-state index in [1.165, 1.54) is 11.9 Å². The Balaban J connectivity index is 2.14. The minimum absolute atomic E-state index is 0.0205. The van der Waals surface area contributed by atoms with Gasteiger partial charge in [-0.25, -0.2) is 4.79 Å². The van der Waals surface area contributed by atoms with Gasteiger partial charge in [0.15, 0.2) is 6.29 Å². The van der Waals surface area contributed by atoms with E-state index in [0.717, 1.165) is 5.56 Å². The third-order valence-electron chi connectivity index (χ3n) is 3.21. The zero-order chi connectivity index (χ0) is 19.6. The Bertz CT molecular complexity index is 555. The topological polar surface area (TPSA) is 85.3 Å². The zero-order valence-electron chi connectivity index (χ0n) is 15.9. The first-order chi connectivity index (χ1) is 12.2. The van der Waals surface area contributed by atoms with E-state index < -0.39 is 18.0 Å². The highest BCUT2D eigenvalue weighted by molar-refractivity contribution is 5.69. The third kappa shape index (κ3) is 10.0. The predicted octanol–water partition coefficient (Wildman–Crippen LogP) is 2.71. The highest BCUT2D eigenvalue weighted by Crippen LogP contribution is 2.09. The van der Waals surface area contributed by atoms with E-state index in [1.54, 1.807) is 20.8 Å². The summed E-state index contributed by atoms with van der Waals surface area (Å²) < 4.78 is 15.5. The number of aliphatic hydroxyl groups is 1. The highest BCUT2D eigenvalue weighted by Gasteiger charge is 2.21. The van der Waals surface area contributed by atoms with Gasteiger partial charge in [0, 0.05) is 13.5 Å². The standard InChI is InChI=1S/C19H29NO6/c1-19(2,3)26-18(23)20(4)13-17(22)24-12-8-11-16(21)25-14-15-9-6-5-7-10-15/h5-7,9-10,17,22H,8,11-14H2,1-4H3. The summed E-state index contributed by atoms with van der Waals surface area (Å²) in [6.07, 6.45) is -1.07. The number of carbonyl (C=O) groups excluding carboxylic acids is 2. The molecule has 1 aromatic rings. The molecular formula is C19H29NO6. The summed E-state index contributed by atoms with van der Waals surface area (Å²) in [7, 11) is 1.52. The van der Waals surface area contributed by atoms with E-state index in [1.807, 2.05) is 30.3 Å². The quantitative estimate of drug-likeness (QED) is 0.410. The molecule has 0 saturated carbocycles. The van der Waals surface area contributed by atoms with Gasteiger partial charge >= 0.3 is 12.1 Å². The maximum atomic E-state index is 11.8. The molecule has 7 heteroatoms. The van der Waals surface area contributed by atoms with Gasteiger partial charge in [0.25, 0.3) is 0 Å². The first kappa shape index (κ1) is 21.9. The summed E-state index contributed by atoms with van der Waals surface area (Å²) in [4.78, 5) is 24.7. The van der Waals surface area contributed by atoms with Gasteiger partial charge in [-0.1, -0.05) is 30.3 Å². The molecule has 1 rings (SSSR count). The molecule has 0 fully saturated rings. The number of ether oxygens (including phenoxy) is 3. The number of hydrogen-bond donors (Lipinski definition) is 1. The fourth-order valence-corrected chi connectivity index (χ4v) is 1.95. The van der Waals surface area contributed by atoms with Crippen LogP contribution in [0.3, 0.4) is 0 Å². The van der Waals surface area contributed by atoms with Crippen LogP contribution >= 0.6 is 0 Å². The van der Waals surface area contributed by atoms with Crippen LogP contribution in [0.5, 0.6) is 0 Å². The number of hydrogen-bond acceptors (Lipinski definition) is 6. The van der Waals surface area contributed by atoms with E-state index in [9.17, 15) is 14.7 Å². The lowest BCUT2D eigenvalue weighted by molar-refractivity contribution is -0.146. The van der Waals surface area contributed by atoms with Crippen LogP contribution in [0.4, 0.5) is 4.79 Å². The molecule has 0 saturated heterocycles. The fourth-order valence-electron chi connectivity index (χ4n) is 1.95. The second kappa shape index (κ2) is 10.8. The Kier molecular flexibility index (Phi) is 9.09. The number of likely N-dealkylation sites (N-methyl/N-ethyl adjacent to an activating group) is 1. The molecular weight excluding hydrogens is 338 g/mol. The van der Waals surface area contributed by atoms with E-state index in [-0.39, 0.29) is 32.1 Å². The van der Waals surface area contributed by atoms with Crippen LogP contribution in [0.15, 0.2) is 30.3 Å². The summed E-state index contributed by atoms with van der Waals surface area (Å²) in [6.45, 7) is 5.70. The number of esters is 1. The van der Waals surface area contributed by atoms with Crippen LogP contribution in [0.1, 0.15) is 39.2 Å². The van der Waals surface area contributed by atoms with Crippen LogP contribution in [0.2, 0.25) is 0 Å². The van der Waals surface area contributed by atoms with Crippen molar-refractivity contribution in [2.45, 2.75) is 52.1 Å². The second-order valence-electron chi connectivity index (χ2n) is 6.94. The van der Waals surface area contributed by atoms with Crippen molar-refractivity contribution in [3.63, 3.8) is 0 Å². The second-order valence-corrected chi connectivity index (χ2v) is 6.94. The number of nitrogens with zero attached hydrogens (tertiary/aromatic N) is 1. The zero-order valence-corrected chi connectivity index (χ0v) is 15.9. The maximum absolute atomic E-state index is 11.8. The van der Waals surface area contributed by atoms with Crippen molar-refractivity contribution < 1.29 is 28.9 Å². The largest absolute Gasteiger partial charge is 0.461 e. The number of carbonyl (C=O) groups is 2. The van der Waals surface area contributed by atoms with Crippen molar-refractivity contribution >= 4 is 12.1 Å². The number of amides is 1. The van der Waals surface area contributed by atoms with Gasteiger partial charge in [-0.3, -0.25) is 4.79 Å². The summed E-state index contributed by atoms with van der Waals surface area (Å²) in [5.74, 6) is -0.321. The molecule has 1 amide bonds. The number of rotatable bonds is 9. The van der Waals surface area contributed by atoms with Gasteiger partial charge in [-0.15, -0.1) is 0 Å². The van der Waals surface area contributed by atoms with E-state index in [2.05, 4.69) is 0 Å². The Hall–Kier alpha value is -2.12. The van der Waals surface area contributed by atoms with Crippen LogP contribution in [-0.2, 0) is 25.6 Å². The Morgan fingerprint density at radius 3 is 2.46 bits per heavy atom. The van der Waals surface area contributed by atoms with Crippen molar-refractivity contribution in [1.29, 1.82) is 0 Å². The highest BCUT2D eigenvalue weighted by atomic mass is 16.6. The lowest BCUT2D eigenvalue weighted by atomic mass is 10.2. The van der Waals surface area contributed by atoms with Crippen LogP contribution < -0.4 is 0 Å². The first-order valence-electron chi connectivity index (χ1n) is 8.60. The SMILES string of the molecule is CN(CC(O)OCCCC(=O)OCc1ccccc1)C(=O)OC(C)(C)C. The molecule has 1 unspecified atom stereocenters. The lowest BCUT2D eigenvalue weighted by Gasteiger charge is -2.26. The van der Waals surface area contributed by atoms with Crippen molar-refractivity contribution in [1.82, 2.24) is 4.90 Å². The van der Waals surface area contributed by atoms with Crippen molar-refractivity contribution in [3.8, 4) is 0 Å². The van der Waals surface area contributed by atoms with Crippen molar-refractivity contribution in [3.05, 3.63) is 35.9 Å². The molecule has 7 nitrogen and oxygen atoms in total. The summed E-state index contributed by atoms with van der Waals surface area (Å²) >= 11 is 0. The maximum Gasteiger partial charge on any atom is 0.410 e. The van der Waals surface area contributed by atoms with Gasteiger partial charge in [-0.2, -0.15) is 0 Å². The lowest BCUT2D eigenvalue weighted by Crippen LogP contribution is -2.39. The molecule has 0 aliphatic heterocycles. The first-order valence-corrected chi connectivity index (χ1v) is 8.60. The smallest absolute Gasteiger partial charge is 0.410 e. The average Bonchev–Trinajstić information content (AvgIpc) is 2.56. The monoisotopic (exact) mass is 367 g/mol. The molecule has 0 aromatic heterocycles. The summed E-state index contributed by atoms with van der Waals surface area (Å²) in [5.41, 5.74) is 0.328. The molecule has 0 radical (unpaired) electrons. The van der Waals surface area contributed by atoms with E-state index >= 15 is 0 Å². The molecule has 1 aromatic carbocycles. The van der Waals surface area contributed by atoms with Gasteiger partial charge < -0.3 is 24.2 Å². The van der Waals surface area contributed by atoms with Crippen LogP contribution in [-0.4, -0.2) is 54.2 Å². The van der Waals surface area contributed by atoms with Crippen molar-refractivity contribution in [2.24, 2.45) is 0 Å². The van der Waals surface area contributed by atoms with Gasteiger partial charge in [0.1, 0.15) is 12.2 Å². The van der Waals surface area contributed by atoms with Crippen LogP contribution in [0.25, 0.3) is 0 Å². The molecule has 1 N–H and O–H groups in total. The summed E-state index contributed by atoms with van der Waals surface area (Å²) in [6, 6.07) is 9.43. The third-order valence-corrected chi connectivity index (χ3v) is 3.21. The molecule has 0 spiro atoms. The van der Waals surface area contributed by atoms with E-state index in [0.29, 0.717) is 6.42 Å². The Morgan fingerprint density at radius 2 is 1.85 bits per heavy atom. The number of aliphatic hydroxyl groups excluding tert-OH is 1. The van der Waals surface area contributed by atoms with Gasteiger partial charge in [0.05, 0.1) is 13.2 Å². The normalized spacial score (nSPS) is 12.3. The minimum Gasteiger partial charge on any atom is -0.461 e. The average molecular weight is 367 g/mol. The molecule has 0 heterocycles. The molecule has 0 aliphatic carbocycles. The minimum atomic E-state index is -1.15. The van der Waals surface area contributed by atoms with Gasteiger partial charge in [0.2, 0.25) is 0 Å². The van der Waals surface area contributed by atoms with Crippen molar-refractivity contribution in [2.75, 3.05) is 20.2 Å². The fraction of sp³-hybridized carbons (Fsp3) is 0.579. The number of benzene rings is 1. The van der Waals surface area contributed by atoms with E-state index in [4.69, 9.17) is 14.2 Å². The predicted molar refractivity (Wildman–Crippen MR) is 96.3 cm³/mol. The molecule has 1 atom stereocenters. The molecule has 0 bridgehead atoms. The molecule has 26 heavy (non-hydrogen) atoms. The molecule has 0 aliphatic rings. The van der Waals surface area contributed by atoms with Crippen LogP contribution in [0, 0.1) is 0 Å². The Morgan fingerprint density at radius 1 is 1.19 bits per heavy atom. The summed E-state index contributed by atoms with van der Waals surface area (Å²) in [5, 5.41) is 9.80. The molecule has 146 valence electrons. The Labute approximate surface area is 154 Å².